The van der Waals surface area contributed by atoms with Gasteiger partial charge in [-0.1, -0.05) is 41.1 Å². The maximum absolute atomic E-state index is 14.1. The number of ether oxygens (including phenoxy) is 1. The van der Waals surface area contributed by atoms with Gasteiger partial charge in [0.1, 0.15) is 4.34 Å². The standard InChI is InChI=1S/C16H16ClF3N4O4S2/c17-12-8-21-14(29-12)22-13(25)23-16(15(18,19)20,28-9-10-6-7-10)24-30(26,27)11-4-2-1-3-5-11/h1-5,8,10,24H,6-7,9H2,(H2,21,22,23,25). The van der Waals surface area contributed by atoms with Crippen LogP contribution in [0.2, 0.25) is 4.34 Å². The third-order valence-corrected chi connectivity index (χ3v) is 6.43. The van der Waals surface area contributed by atoms with Crippen LogP contribution in [0.25, 0.3) is 0 Å². The molecule has 2 amide bonds. The average Bonchev–Trinajstić information content (AvgIpc) is 3.40. The SMILES string of the molecule is O=C(Nc1ncc(Cl)s1)NC(NS(=O)(=O)c1ccccc1)(OCC1CC1)C(F)(F)F. The molecule has 8 nitrogen and oxygen atoms in total. The van der Waals surface area contributed by atoms with Gasteiger partial charge in [0.2, 0.25) is 10.0 Å². The highest BCUT2D eigenvalue weighted by atomic mass is 35.5. The van der Waals surface area contributed by atoms with E-state index in [-0.39, 0.29) is 15.4 Å². The summed E-state index contributed by atoms with van der Waals surface area (Å²) in [5.41, 5.74) is 0. The molecule has 1 aromatic carbocycles. The van der Waals surface area contributed by atoms with Crippen LogP contribution in [0.3, 0.4) is 0 Å². The third kappa shape index (κ3) is 5.60. The average molecular weight is 485 g/mol. The minimum Gasteiger partial charge on any atom is -0.335 e. The summed E-state index contributed by atoms with van der Waals surface area (Å²) in [6.07, 6.45) is -2.85. The molecule has 1 heterocycles. The quantitative estimate of drug-likeness (QED) is 0.496. The van der Waals surface area contributed by atoms with Gasteiger partial charge in [-0.25, -0.2) is 18.2 Å². The van der Waals surface area contributed by atoms with Crippen LogP contribution >= 0.6 is 22.9 Å². The van der Waals surface area contributed by atoms with Gasteiger partial charge < -0.3 is 4.74 Å². The Labute approximate surface area is 178 Å². The van der Waals surface area contributed by atoms with E-state index in [0.717, 1.165) is 23.5 Å². The molecule has 30 heavy (non-hydrogen) atoms. The Balaban J connectivity index is 1.90. The predicted molar refractivity (Wildman–Crippen MR) is 104 cm³/mol. The van der Waals surface area contributed by atoms with Crippen molar-refractivity contribution in [2.24, 2.45) is 5.92 Å². The summed E-state index contributed by atoms with van der Waals surface area (Å²) in [5, 5.41) is 3.57. The lowest BCUT2D eigenvalue weighted by Crippen LogP contribution is -2.71. The molecule has 1 unspecified atom stereocenters. The Morgan fingerprint density at radius 2 is 1.93 bits per heavy atom. The molecule has 0 bridgehead atoms. The number of alkyl halides is 3. The van der Waals surface area contributed by atoms with E-state index in [0.29, 0.717) is 12.8 Å². The van der Waals surface area contributed by atoms with E-state index in [2.05, 4.69) is 10.3 Å². The Kier molecular flexibility index (Phi) is 6.57. The second kappa shape index (κ2) is 8.67. The van der Waals surface area contributed by atoms with Gasteiger partial charge >= 0.3 is 18.1 Å². The predicted octanol–water partition coefficient (Wildman–Crippen LogP) is 3.54. The molecule has 3 rings (SSSR count). The molecule has 3 N–H and O–H groups in total. The lowest BCUT2D eigenvalue weighted by atomic mass is 10.4. The Morgan fingerprint density at radius 1 is 1.27 bits per heavy atom. The molecular weight excluding hydrogens is 469 g/mol. The fourth-order valence-corrected chi connectivity index (χ4v) is 4.32. The molecule has 1 atom stereocenters. The second-order valence-corrected chi connectivity index (χ2v) is 9.74. The fraction of sp³-hybridized carbons (Fsp3) is 0.375. The van der Waals surface area contributed by atoms with Crippen LogP contribution in [0.15, 0.2) is 41.4 Å². The van der Waals surface area contributed by atoms with Crippen molar-refractivity contribution in [3.8, 4) is 0 Å². The van der Waals surface area contributed by atoms with Gasteiger partial charge in [-0.3, -0.25) is 10.6 Å². The van der Waals surface area contributed by atoms with Crippen LogP contribution < -0.4 is 15.4 Å². The van der Waals surface area contributed by atoms with E-state index in [1.54, 1.807) is 5.32 Å². The van der Waals surface area contributed by atoms with Gasteiger partial charge in [-0.2, -0.15) is 17.9 Å². The van der Waals surface area contributed by atoms with Crippen LogP contribution in [0.5, 0.6) is 0 Å². The number of sulfonamides is 1. The first kappa shape index (κ1) is 22.7. The zero-order valence-corrected chi connectivity index (χ0v) is 17.5. The number of amides is 2. The molecule has 1 saturated carbocycles. The maximum atomic E-state index is 14.1. The van der Waals surface area contributed by atoms with Crippen LogP contribution in [-0.2, 0) is 14.8 Å². The van der Waals surface area contributed by atoms with Gasteiger partial charge in [-0.05, 0) is 30.9 Å². The number of hydrogen-bond acceptors (Lipinski definition) is 6. The lowest BCUT2D eigenvalue weighted by Gasteiger charge is -2.36. The normalized spacial score (nSPS) is 16.7. The van der Waals surface area contributed by atoms with Crippen molar-refractivity contribution in [1.29, 1.82) is 0 Å². The Bertz CT molecular complexity index is 999. The topological polar surface area (TPSA) is 109 Å². The number of halogens is 4. The van der Waals surface area contributed by atoms with Crippen molar-refractivity contribution in [2.45, 2.75) is 29.8 Å². The number of thiazole rings is 1. The van der Waals surface area contributed by atoms with Crippen molar-refractivity contribution < 1.29 is 31.1 Å². The molecule has 1 aliphatic rings. The summed E-state index contributed by atoms with van der Waals surface area (Å²) >= 11 is 6.49. The lowest BCUT2D eigenvalue weighted by molar-refractivity contribution is -0.292. The third-order valence-electron chi connectivity index (χ3n) is 3.95. The number of rotatable bonds is 8. The molecule has 1 fully saturated rings. The molecule has 164 valence electrons. The molecule has 1 aromatic heterocycles. The van der Waals surface area contributed by atoms with Crippen LogP contribution in [-0.4, -0.2) is 38.1 Å². The highest BCUT2D eigenvalue weighted by Gasteiger charge is 2.61. The van der Waals surface area contributed by atoms with Crippen molar-refractivity contribution in [2.75, 3.05) is 11.9 Å². The minimum absolute atomic E-state index is 0.0818. The number of urea groups is 1. The van der Waals surface area contributed by atoms with E-state index < -0.39 is 39.6 Å². The number of carbonyl (C=O) groups excluding carboxylic acids is 1. The summed E-state index contributed by atoms with van der Waals surface area (Å²) in [6, 6.07) is 5.04. The van der Waals surface area contributed by atoms with E-state index in [4.69, 9.17) is 16.3 Å². The molecular formula is C16H16ClF3N4O4S2. The molecule has 0 spiro atoms. The largest absolute Gasteiger partial charge is 0.453 e. The second-order valence-electron chi connectivity index (χ2n) is 6.40. The Morgan fingerprint density at radius 3 is 2.47 bits per heavy atom. The number of carbonyl (C=O) groups is 1. The number of anilines is 1. The first-order valence-electron chi connectivity index (χ1n) is 8.51. The van der Waals surface area contributed by atoms with E-state index in [1.807, 2.05) is 0 Å². The number of hydrogen-bond donors (Lipinski definition) is 3. The summed E-state index contributed by atoms with van der Waals surface area (Å²) in [4.78, 5) is 15.5. The van der Waals surface area contributed by atoms with Crippen molar-refractivity contribution in [3.05, 3.63) is 40.9 Å². The van der Waals surface area contributed by atoms with Gasteiger partial charge in [0.05, 0.1) is 17.7 Å². The van der Waals surface area contributed by atoms with Crippen LogP contribution in [0, 0.1) is 5.92 Å². The summed E-state index contributed by atoms with van der Waals surface area (Å²) in [7, 11) is -4.71. The maximum Gasteiger partial charge on any atom is 0.453 e. The van der Waals surface area contributed by atoms with Crippen molar-refractivity contribution >= 4 is 44.1 Å². The zero-order chi connectivity index (χ0) is 22.0. The Hall–Kier alpha value is -1.93. The van der Waals surface area contributed by atoms with Gasteiger partial charge in [0.15, 0.2) is 5.13 Å². The molecule has 1 aliphatic carbocycles. The smallest absolute Gasteiger partial charge is 0.335 e. The van der Waals surface area contributed by atoms with Gasteiger partial charge in [0.25, 0.3) is 0 Å². The first-order valence-corrected chi connectivity index (χ1v) is 11.2. The fourth-order valence-electron chi connectivity index (χ4n) is 2.28. The van der Waals surface area contributed by atoms with Crippen LogP contribution in [0.4, 0.5) is 23.1 Å². The molecule has 0 aliphatic heterocycles. The molecule has 14 heteroatoms. The highest BCUT2D eigenvalue weighted by Crippen LogP contribution is 2.36. The minimum atomic E-state index is -5.33. The number of aromatic nitrogens is 1. The highest BCUT2D eigenvalue weighted by molar-refractivity contribution is 7.89. The first-order chi connectivity index (χ1) is 14.0. The summed E-state index contributed by atoms with van der Waals surface area (Å²) in [6.45, 7) is -0.403. The molecule has 0 radical (unpaired) electrons. The summed E-state index contributed by atoms with van der Waals surface area (Å²) in [5.74, 6) is -3.86. The van der Waals surface area contributed by atoms with Gasteiger partial charge in [0, 0.05) is 0 Å². The van der Waals surface area contributed by atoms with Crippen molar-refractivity contribution in [1.82, 2.24) is 15.0 Å². The van der Waals surface area contributed by atoms with E-state index in [1.165, 1.54) is 29.1 Å². The number of benzene rings is 1. The monoisotopic (exact) mass is 484 g/mol. The van der Waals surface area contributed by atoms with Crippen molar-refractivity contribution in [3.63, 3.8) is 0 Å². The number of nitrogens with zero attached hydrogens (tertiary/aromatic N) is 1. The summed E-state index contributed by atoms with van der Waals surface area (Å²) < 4.78 is 74.0. The van der Waals surface area contributed by atoms with Gasteiger partial charge in [-0.15, -0.1) is 0 Å². The van der Waals surface area contributed by atoms with E-state index in [9.17, 15) is 26.4 Å². The molecule has 2 aromatic rings. The number of nitrogens with one attached hydrogen (secondary N) is 3. The van der Waals surface area contributed by atoms with Crippen LogP contribution in [0.1, 0.15) is 12.8 Å². The molecule has 0 saturated heterocycles. The zero-order valence-electron chi connectivity index (χ0n) is 15.1. The van der Waals surface area contributed by atoms with E-state index >= 15 is 0 Å².